The quantitative estimate of drug-likeness (QED) is 0.728. The molecule has 1 saturated carbocycles. The molecule has 1 fully saturated rings. The molecule has 0 amide bonds. The lowest BCUT2D eigenvalue weighted by Gasteiger charge is -2.13. The van der Waals surface area contributed by atoms with Crippen LogP contribution in [0.25, 0.3) is 0 Å². The van der Waals surface area contributed by atoms with Gasteiger partial charge in [0.05, 0.1) is 5.69 Å². The molecule has 0 spiro atoms. The Kier molecular flexibility index (Phi) is 2.02. The van der Waals surface area contributed by atoms with Crippen LogP contribution in [0.5, 0.6) is 0 Å². The Labute approximate surface area is 84.7 Å². The van der Waals surface area contributed by atoms with Crippen molar-refractivity contribution in [1.82, 2.24) is 10.3 Å². The van der Waals surface area contributed by atoms with Crippen molar-refractivity contribution >= 4 is 0 Å². The summed E-state index contributed by atoms with van der Waals surface area (Å²) in [5.41, 5.74) is 2.71. The largest absolute Gasteiger partial charge is 0.308 e. The minimum atomic E-state index is 0.754. The van der Waals surface area contributed by atoms with Crippen molar-refractivity contribution in [1.29, 1.82) is 0 Å². The fourth-order valence-electron chi connectivity index (χ4n) is 2.40. The molecule has 1 atom stereocenters. The molecule has 1 aliphatic heterocycles. The summed E-state index contributed by atoms with van der Waals surface area (Å²) in [5, 5.41) is 3.64. The maximum absolute atomic E-state index is 4.43. The van der Waals surface area contributed by atoms with E-state index >= 15 is 0 Å². The number of rotatable bonds is 1. The molecule has 2 heteroatoms. The van der Waals surface area contributed by atoms with Gasteiger partial charge in [-0.3, -0.25) is 4.98 Å². The number of aryl methyl sites for hydroxylation is 1. The Balaban J connectivity index is 1.79. The monoisotopic (exact) mass is 188 g/mol. The van der Waals surface area contributed by atoms with E-state index in [9.17, 15) is 0 Å². The Hall–Kier alpha value is -0.890. The summed E-state index contributed by atoms with van der Waals surface area (Å²) in [6, 6.07) is 5.03. The van der Waals surface area contributed by atoms with Gasteiger partial charge in [-0.15, -0.1) is 0 Å². The van der Waals surface area contributed by atoms with E-state index in [0.717, 1.165) is 18.5 Å². The Morgan fingerprint density at radius 3 is 3.07 bits per heavy atom. The predicted molar refractivity (Wildman–Crippen MR) is 55.9 cm³/mol. The van der Waals surface area contributed by atoms with Crippen LogP contribution in [0.3, 0.4) is 0 Å². The molecule has 2 nitrogen and oxygen atoms in total. The van der Waals surface area contributed by atoms with Crippen LogP contribution in [-0.4, -0.2) is 11.0 Å². The van der Waals surface area contributed by atoms with E-state index in [1.807, 2.05) is 6.20 Å². The lowest BCUT2D eigenvalue weighted by atomic mass is 10.0. The lowest BCUT2D eigenvalue weighted by Crippen LogP contribution is -2.29. The smallest absolute Gasteiger partial charge is 0.0573 e. The highest BCUT2D eigenvalue weighted by Gasteiger charge is 2.31. The van der Waals surface area contributed by atoms with Crippen molar-refractivity contribution in [3.63, 3.8) is 0 Å². The van der Waals surface area contributed by atoms with Crippen molar-refractivity contribution in [3.8, 4) is 0 Å². The topological polar surface area (TPSA) is 24.9 Å². The van der Waals surface area contributed by atoms with Crippen LogP contribution in [0.2, 0.25) is 0 Å². The highest BCUT2D eigenvalue weighted by molar-refractivity contribution is 5.21. The maximum atomic E-state index is 4.43. The molecule has 2 aliphatic rings. The Bertz CT molecular complexity index is 304. The number of nitrogens with zero attached hydrogens (tertiary/aromatic N) is 1. The summed E-state index contributed by atoms with van der Waals surface area (Å²) in [6.07, 6.45) is 7.27. The van der Waals surface area contributed by atoms with Crippen LogP contribution in [0.1, 0.15) is 30.5 Å². The van der Waals surface area contributed by atoms with Gasteiger partial charge in [-0.05, 0) is 43.2 Å². The minimum absolute atomic E-state index is 0.754. The Morgan fingerprint density at radius 2 is 2.21 bits per heavy atom. The van der Waals surface area contributed by atoms with Gasteiger partial charge in [0, 0.05) is 18.8 Å². The van der Waals surface area contributed by atoms with Crippen LogP contribution in [-0.2, 0) is 13.0 Å². The molecule has 1 aromatic heterocycles. The average molecular weight is 188 g/mol. The number of aromatic nitrogens is 1. The zero-order valence-electron chi connectivity index (χ0n) is 8.37. The third-order valence-electron chi connectivity index (χ3n) is 3.43. The summed E-state index contributed by atoms with van der Waals surface area (Å²) in [4.78, 5) is 4.43. The van der Waals surface area contributed by atoms with Crippen molar-refractivity contribution < 1.29 is 0 Å². The third kappa shape index (κ3) is 1.55. The molecule has 2 heterocycles. The van der Waals surface area contributed by atoms with E-state index in [-0.39, 0.29) is 0 Å². The molecular weight excluding hydrogens is 172 g/mol. The van der Waals surface area contributed by atoms with Gasteiger partial charge in [0.25, 0.3) is 0 Å². The van der Waals surface area contributed by atoms with Gasteiger partial charge >= 0.3 is 0 Å². The molecule has 0 saturated heterocycles. The van der Waals surface area contributed by atoms with Crippen LogP contribution < -0.4 is 5.32 Å². The predicted octanol–water partition coefficient (Wildman–Crippen LogP) is 1.90. The van der Waals surface area contributed by atoms with Crippen LogP contribution in [0.4, 0.5) is 0 Å². The first-order chi connectivity index (χ1) is 6.93. The SMILES string of the molecule is c1cnc2c(c1)CCC(C1CC1)NC2. The van der Waals surface area contributed by atoms with E-state index in [1.54, 1.807) is 0 Å². The summed E-state index contributed by atoms with van der Waals surface area (Å²) in [7, 11) is 0. The summed E-state index contributed by atoms with van der Waals surface area (Å²) in [6.45, 7) is 0.970. The van der Waals surface area contributed by atoms with Gasteiger partial charge < -0.3 is 5.32 Å². The van der Waals surface area contributed by atoms with Crippen LogP contribution in [0, 0.1) is 5.92 Å². The van der Waals surface area contributed by atoms with Gasteiger partial charge in [0.1, 0.15) is 0 Å². The average Bonchev–Trinajstić information content (AvgIpc) is 3.03. The summed E-state index contributed by atoms with van der Waals surface area (Å²) < 4.78 is 0. The summed E-state index contributed by atoms with van der Waals surface area (Å²) >= 11 is 0. The molecule has 1 N–H and O–H groups in total. The number of fused-ring (bicyclic) bond motifs is 1. The fourth-order valence-corrected chi connectivity index (χ4v) is 2.40. The maximum Gasteiger partial charge on any atom is 0.0573 e. The minimum Gasteiger partial charge on any atom is -0.308 e. The number of hydrogen-bond acceptors (Lipinski definition) is 2. The first-order valence-electron chi connectivity index (χ1n) is 5.59. The van der Waals surface area contributed by atoms with Gasteiger partial charge in [-0.25, -0.2) is 0 Å². The van der Waals surface area contributed by atoms with Crippen molar-refractivity contribution in [2.45, 2.75) is 38.3 Å². The molecule has 0 aromatic carbocycles. The van der Waals surface area contributed by atoms with Crippen molar-refractivity contribution in [3.05, 3.63) is 29.6 Å². The van der Waals surface area contributed by atoms with E-state index in [0.29, 0.717) is 0 Å². The molecule has 0 radical (unpaired) electrons. The van der Waals surface area contributed by atoms with E-state index < -0.39 is 0 Å². The van der Waals surface area contributed by atoms with Crippen LogP contribution >= 0.6 is 0 Å². The third-order valence-corrected chi connectivity index (χ3v) is 3.43. The second kappa shape index (κ2) is 3.35. The zero-order valence-corrected chi connectivity index (χ0v) is 8.37. The Morgan fingerprint density at radius 1 is 1.29 bits per heavy atom. The van der Waals surface area contributed by atoms with Gasteiger partial charge in [-0.2, -0.15) is 0 Å². The van der Waals surface area contributed by atoms with Gasteiger partial charge in [0.15, 0.2) is 0 Å². The van der Waals surface area contributed by atoms with Gasteiger partial charge in [-0.1, -0.05) is 6.07 Å². The molecule has 1 aromatic rings. The number of nitrogens with one attached hydrogen (secondary N) is 1. The van der Waals surface area contributed by atoms with Gasteiger partial charge in [0.2, 0.25) is 0 Å². The second-order valence-corrected chi connectivity index (χ2v) is 4.47. The van der Waals surface area contributed by atoms with E-state index in [4.69, 9.17) is 0 Å². The number of hydrogen-bond donors (Lipinski definition) is 1. The molecule has 1 unspecified atom stereocenters. The highest BCUT2D eigenvalue weighted by atomic mass is 15.0. The first kappa shape index (κ1) is 8.42. The van der Waals surface area contributed by atoms with E-state index in [2.05, 4.69) is 22.4 Å². The molecular formula is C12H16N2. The van der Waals surface area contributed by atoms with Crippen LogP contribution in [0.15, 0.2) is 18.3 Å². The first-order valence-corrected chi connectivity index (χ1v) is 5.59. The lowest BCUT2D eigenvalue weighted by molar-refractivity contribution is 0.446. The molecule has 0 bridgehead atoms. The normalized spacial score (nSPS) is 26.7. The highest BCUT2D eigenvalue weighted by Crippen LogP contribution is 2.35. The van der Waals surface area contributed by atoms with E-state index in [1.165, 1.54) is 36.9 Å². The second-order valence-electron chi connectivity index (χ2n) is 4.47. The zero-order chi connectivity index (χ0) is 9.38. The molecule has 1 aliphatic carbocycles. The molecule has 3 rings (SSSR count). The standard InChI is InChI=1S/C12H16N2/c1-2-9-5-6-11(10-3-4-10)14-8-12(9)13-7-1/h1-2,7,10-11,14H,3-6,8H2. The van der Waals surface area contributed by atoms with Crippen molar-refractivity contribution in [2.75, 3.05) is 0 Å². The molecule has 14 heavy (non-hydrogen) atoms. The fraction of sp³-hybridized carbons (Fsp3) is 0.583. The molecule has 74 valence electrons. The summed E-state index contributed by atoms with van der Waals surface area (Å²) in [5.74, 6) is 0.962. The number of pyridine rings is 1. The van der Waals surface area contributed by atoms with Crippen molar-refractivity contribution in [2.24, 2.45) is 5.92 Å².